The molecule has 33 heavy (non-hydrogen) atoms. The number of aryl methyl sites for hydroxylation is 4. The highest BCUT2D eigenvalue weighted by atomic mass is 35.5. The Morgan fingerprint density at radius 2 is 1.00 bits per heavy atom. The minimum absolute atomic E-state index is 0. The fourth-order valence-electron chi connectivity index (χ4n) is 3.39. The van der Waals surface area contributed by atoms with Crippen LogP contribution in [-0.2, 0) is 22.4 Å². The van der Waals surface area contributed by atoms with Gasteiger partial charge in [0.05, 0.1) is 0 Å². The monoisotopic (exact) mass is 474 g/mol. The molecule has 4 nitrogen and oxygen atoms in total. The standard InChI is InChI=1S/2C14H21NO.ClH/c2*1-12-7-6-9-13(11-12)8-4-5-10-14(16)15(2)3;/h2*6-7,9,11H,4-5,8,10H2,1-3H3;1H. The van der Waals surface area contributed by atoms with Gasteiger partial charge in [-0.15, -0.1) is 12.4 Å². The number of halogens is 1. The van der Waals surface area contributed by atoms with Gasteiger partial charge in [-0.1, -0.05) is 59.7 Å². The van der Waals surface area contributed by atoms with Crippen molar-refractivity contribution >= 4 is 24.2 Å². The molecule has 0 heterocycles. The summed E-state index contributed by atoms with van der Waals surface area (Å²) in [6.07, 6.45) is 7.60. The normalized spacial score (nSPS) is 9.88. The van der Waals surface area contributed by atoms with Crippen molar-refractivity contribution in [3.05, 3.63) is 70.8 Å². The van der Waals surface area contributed by atoms with Gasteiger partial charge in [-0.25, -0.2) is 0 Å². The quantitative estimate of drug-likeness (QED) is 0.395. The van der Waals surface area contributed by atoms with Gasteiger partial charge in [0, 0.05) is 41.0 Å². The molecule has 184 valence electrons. The molecule has 5 heteroatoms. The molecule has 2 aromatic rings. The zero-order chi connectivity index (χ0) is 23.9. The number of hydrogen-bond acceptors (Lipinski definition) is 2. The molecule has 0 spiro atoms. The summed E-state index contributed by atoms with van der Waals surface area (Å²) in [4.78, 5) is 26.0. The Morgan fingerprint density at radius 3 is 1.30 bits per heavy atom. The maximum Gasteiger partial charge on any atom is 0.222 e. The maximum absolute atomic E-state index is 11.3. The first-order valence-electron chi connectivity index (χ1n) is 11.7. The molecule has 0 aliphatic heterocycles. The number of nitrogens with zero attached hydrogens (tertiary/aromatic N) is 2. The summed E-state index contributed by atoms with van der Waals surface area (Å²) < 4.78 is 0. The van der Waals surface area contributed by atoms with E-state index in [4.69, 9.17) is 0 Å². The lowest BCUT2D eigenvalue weighted by molar-refractivity contribution is -0.129. The second kappa shape index (κ2) is 17.2. The zero-order valence-electron chi connectivity index (χ0n) is 21.4. The fourth-order valence-corrected chi connectivity index (χ4v) is 3.39. The molecule has 0 atom stereocenters. The maximum atomic E-state index is 11.3. The first kappa shape index (κ1) is 30.7. The van der Waals surface area contributed by atoms with Gasteiger partial charge in [-0.05, 0) is 63.5 Å². The summed E-state index contributed by atoms with van der Waals surface area (Å²) in [7, 11) is 7.23. The number of rotatable bonds is 10. The number of carbonyl (C=O) groups is 2. The average molecular weight is 475 g/mol. The Balaban J connectivity index is 0.000000602. The van der Waals surface area contributed by atoms with E-state index in [1.54, 1.807) is 9.80 Å². The van der Waals surface area contributed by atoms with Gasteiger partial charge in [-0.2, -0.15) is 0 Å². The summed E-state index contributed by atoms with van der Waals surface area (Å²) >= 11 is 0. The largest absolute Gasteiger partial charge is 0.349 e. The van der Waals surface area contributed by atoms with E-state index in [9.17, 15) is 9.59 Å². The second-order valence-electron chi connectivity index (χ2n) is 8.97. The van der Waals surface area contributed by atoms with Crippen LogP contribution < -0.4 is 0 Å². The molecule has 0 fully saturated rings. The number of carbonyl (C=O) groups excluding carboxylic acids is 2. The Hall–Kier alpha value is -2.33. The molecule has 0 aromatic heterocycles. The van der Waals surface area contributed by atoms with Gasteiger partial charge in [0.15, 0.2) is 0 Å². The van der Waals surface area contributed by atoms with E-state index in [1.807, 2.05) is 28.2 Å². The molecule has 0 unspecified atom stereocenters. The summed E-state index contributed by atoms with van der Waals surface area (Å²) in [5.74, 6) is 0.452. The molecular formula is C28H43ClN2O2. The zero-order valence-corrected chi connectivity index (χ0v) is 22.2. The van der Waals surface area contributed by atoms with Crippen LogP contribution >= 0.6 is 12.4 Å². The van der Waals surface area contributed by atoms with Crippen molar-refractivity contribution in [1.82, 2.24) is 9.80 Å². The molecule has 0 aliphatic rings. The average Bonchev–Trinajstić information content (AvgIpc) is 2.74. The van der Waals surface area contributed by atoms with Crippen molar-refractivity contribution in [3.8, 4) is 0 Å². The lowest BCUT2D eigenvalue weighted by Gasteiger charge is -2.09. The molecule has 2 rings (SSSR count). The number of unbranched alkanes of at least 4 members (excludes halogenated alkanes) is 2. The van der Waals surface area contributed by atoms with Crippen molar-refractivity contribution < 1.29 is 9.59 Å². The highest BCUT2D eigenvalue weighted by Gasteiger charge is 2.04. The van der Waals surface area contributed by atoms with Crippen molar-refractivity contribution in [1.29, 1.82) is 0 Å². The second-order valence-corrected chi connectivity index (χ2v) is 8.97. The summed E-state index contributed by atoms with van der Waals surface area (Å²) in [6.45, 7) is 4.22. The third kappa shape index (κ3) is 14.4. The van der Waals surface area contributed by atoms with Crippen LogP contribution in [-0.4, -0.2) is 49.8 Å². The van der Waals surface area contributed by atoms with E-state index < -0.39 is 0 Å². The van der Waals surface area contributed by atoms with Crippen LogP contribution in [0, 0.1) is 13.8 Å². The Morgan fingerprint density at radius 1 is 0.636 bits per heavy atom. The number of hydrogen-bond donors (Lipinski definition) is 0. The van der Waals surface area contributed by atoms with Gasteiger partial charge < -0.3 is 9.80 Å². The molecule has 2 aromatic carbocycles. The van der Waals surface area contributed by atoms with E-state index >= 15 is 0 Å². The first-order valence-corrected chi connectivity index (χ1v) is 11.7. The van der Waals surface area contributed by atoms with Gasteiger partial charge in [0.25, 0.3) is 0 Å². The lowest BCUT2D eigenvalue weighted by Crippen LogP contribution is -2.21. The molecule has 2 amide bonds. The van der Waals surface area contributed by atoms with Gasteiger partial charge in [0.1, 0.15) is 0 Å². The predicted octanol–water partition coefficient (Wildman–Crippen LogP) is 6.01. The van der Waals surface area contributed by atoms with Gasteiger partial charge in [0.2, 0.25) is 11.8 Å². The van der Waals surface area contributed by atoms with Crippen LogP contribution in [0.1, 0.15) is 60.8 Å². The third-order valence-electron chi connectivity index (χ3n) is 5.37. The highest BCUT2D eigenvalue weighted by Crippen LogP contribution is 2.10. The van der Waals surface area contributed by atoms with E-state index in [0.717, 1.165) is 38.5 Å². The Kier molecular flexibility index (Phi) is 16.0. The third-order valence-corrected chi connectivity index (χ3v) is 5.37. The van der Waals surface area contributed by atoms with E-state index in [2.05, 4.69) is 62.4 Å². The van der Waals surface area contributed by atoms with Crippen LogP contribution in [0.5, 0.6) is 0 Å². The number of benzene rings is 2. The first-order chi connectivity index (χ1) is 15.2. The van der Waals surface area contributed by atoms with Crippen molar-refractivity contribution in [2.45, 2.75) is 65.2 Å². The lowest BCUT2D eigenvalue weighted by atomic mass is 10.0. The predicted molar refractivity (Wildman–Crippen MR) is 142 cm³/mol. The molecule has 0 N–H and O–H groups in total. The van der Waals surface area contributed by atoms with Crippen LogP contribution in [0.4, 0.5) is 0 Å². The Labute approximate surface area is 207 Å². The van der Waals surface area contributed by atoms with Gasteiger partial charge >= 0.3 is 0 Å². The fraction of sp³-hybridized carbons (Fsp3) is 0.500. The molecule has 0 saturated carbocycles. The van der Waals surface area contributed by atoms with E-state index in [-0.39, 0.29) is 24.2 Å². The van der Waals surface area contributed by atoms with Crippen LogP contribution in [0.25, 0.3) is 0 Å². The molecular weight excluding hydrogens is 432 g/mol. The number of amides is 2. The van der Waals surface area contributed by atoms with Crippen LogP contribution in [0.2, 0.25) is 0 Å². The molecule has 0 radical (unpaired) electrons. The summed E-state index contributed by atoms with van der Waals surface area (Å²) in [5.41, 5.74) is 5.36. The highest BCUT2D eigenvalue weighted by molar-refractivity contribution is 5.85. The SMILES string of the molecule is Cc1cccc(CCCCC(=O)N(C)C)c1.Cc1cccc(CCCCC(=O)N(C)C)c1.Cl. The van der Waals surface area contributed by atoms with Gasteiger partial charge in [-0.3, -0.25) is 9.59 Å². The molecule has 0 aliphatic carbocycles. The van der Waals surface area contributed by atoms with E-state index in [0.29, 0.717) is 12.8 Å². The van der Waals surface area contributed by atoms with E-state index in [1.165, 1.54) is 22.3 Å². The summed E-state index contributed by atoms with van der Waals surface area (Å²) in [6, 6.07) is 17.1. The Bertz CT molecular complexity index is 765. The smallest absolute Gasteiger partial charge is 0.222 e. The van der Waals surface area contributed by atoms with Crippen molar-refractivity contribution in [2.24, 2.45) is 0 Å². The molecule has 0 saturated heterocycles. The molecule has 0 bridgehead atoms. The topological polar surface area (TPSA) is 40.6 Å². The minimum Gasteiger partial charge on any atom is -0.349 e. The summed E-state index contributed by atoms with van der Waals surface area (Å²) in [5, 5.41) is 0. The minimum atomic E-state index is 0. The van der Waals surface area contributed by atoms with Crippen LogP contribution in [0.3, 0.4) is 0 Å². The van der Waals surface area contributed by atoms with Crippen molar-refractivity contribution in [2.75, 3.05) is 28.2 Å². The van der Waals surface area contributed by atoms with Crippen LogP contribution in [0.15, 0.2) is 48.5 Å². The van der Waals surface area contributed by atoms with Crippen molar-refractivity contribution in [3.63, 3.8) is 0 Å².